The van der Waals surface area contributed by atoms with E-state index in [-0.39, 0.29) is 35.8 Å². The number of alkyl halides is 6. The Bertz CT molecular complexity index is 1400. The molecule has 0 unspecified atom stereocenters. The minimum atomic E-state index is -5.22. The molecule has 0 amide bonds. The van der Waals surface area contributed by atoms with E-state index in [2.05, 4.69) is 0 Å². The number of hydrogen-bond acceptors (Lipinski definition) is 7. The molecular weight excluding hydrogens is 574 g/mol. The van der Waals surface area contributed by atoms with Crippen molar-refractivity contribution >= 4 is 11.8 Å². The summed E-state index contributed by atoms with van der Waals surface area (Å²) >= 11 is 0. The van der Waals surface area contributed by atoms with Gasteiger partial charge >= 0.3 is 18.3 Å². The van der Waals surface area contributed by atoms with Crippen LogP contribution in [0, 0.1) is 29.1 Å². The van der Waals surface area contributed by atoms with Gasteiger partial charge in [0.25, 0.3) is 0 Å². The smallest absolute Gasteiger partial charge is 0.416 e. The van der Waals surface area contributed by atoms with Gasteiger partial charge in [-0.1, -0.05) is 32.9 Å². The number of ether oxygens (including phenoxy) is 1. The van der Waals surface area contributed by atoms with Crippen molar-refractivity contribution in [3.63, 3.8) is 0 Å². The van der Waals surface area contributed by atoms with Crippen molar-refractivity contribution in [3.05, 3.63) is 58.2 Å². The molecule has 0 radical (unpaired) electrons. The van der Waals surface area contributed by atoms with Gasteiger partial charge in [-0.3, -0.25) is 4.79 Å². The summed E-state index contributed by atoms with van der Waals surface area (Å²) in [5.41, 5.74) is -11.5. The topological polar surface area (TPSA) is 124 Å². The largest absolute Gasteiger partial charge is 0.455 e. The van der Waals surface area contributed by atoms with Gasteiger partial charge in [0.1, 0.15) is 17.3 Å². The Hall–Kier alpha value is -2.74. The third kappa shape index (κ3) is 3.96. The zero-order valence-corrected chi connectivity index (χ0v) is 23.0. The summed E-state index contributed by atoms with van der Waals surface area (Å²) in [5.74, 6) is -6.77. The van der Waals surface area contributed by atoms with E-state index in [0.29, 0.717) is 0 Å². The second-order valence-electron chi connectivity index (χ2n) is 12.6. The molecule has 8 atom stereocenters. The maximum Gasteiger partial charge on any atom is 0.416 e. The Balaban J connectivity index is 1.62. The van der Waals surface area contributed by atoms with E-state index in [1.165, 1.54) is 26.0 Å². The lowest BCUT2D eigenvalue weighted by molar-refractivity contribution is -0.209. The fourth-order valence-electron chi connectivity index (χ4n) is 7.86. The highest BCUT2D eigenvalue weighted by Crippen LogP contribution is 2.75. The number of carbonyl (C=O) groups excluding carboxylic acids is 2. The summed E-state index contributed by atoms with van der Waals surface area (Å²) < 4.78 is 86.1. The highest BCUT2D eigenvalue weighted by Gasteiger charge is 2.85. The number of Topliss-reactive ketones (excluding diaryl/α,β-unsaturated/α-hetero) is 1. The number of rotatable bonds is 3. The molecule has 0 aromatic heterocycles. The minimum absolute atomic E-state index is 0.133. The van der Waals surface area contributed by atoms with E-state index in [0.717, 1.165) is 0 Å². The van der Waals surface area contributed by atoms with Crippen LogP contribution in [-0.4, -0.2) is 61.7 Å². The number of ketones is 1. The Morgan fingerprint density at radius 2 is 1.55 bits per heavy atom. The number of esters is 1. The molecule has 0 bridgehead atoms. The number of aliphatic hydroxyl groups excluding tert-OH is 1. The molecule has 13 heteroatoms. The molecule has 7 nitrogen and oxygen atoms in total. The predicted molar refractivity (Wildman–Crippen MR) is 132 cm³/mol. The van der Waals surface area contributed by atoms with Crippen LogP contribution in [0.1, 0.15) is 55.6 Å². The van der Waals surface area contributed by atoms with Crippen LogP contribution in [0.2, 0.25) is 0 Å². The van der Waals surface area contributed by atoms with Crippen molar-refractivity contribution in [1.82, 2.24) is 0 Å². The molecule has 42 heavy (non-hydrogen) atoms. The van der Waals surface area contributed by atoms with Gasteiger partial charge in [-0.2, -0.15) is 26.3 Å². The molecule has 5 rings (SSSR count). The molecule has 2 fully saturated rings. The monoisotopic (exact) mass is 604 g/mol. The Labute approximate surface area is 236 Å². The first kappa shape index (κ1) is 30.7. The lowest BCUT2D eigenvalue weighted by Crippen LogP contribution is -2.65. The van der Waals surface area contributed by atoms with Gasteiger partial charge in [0.05, 0.1) is 28.9 Å². The third-order valence-corrected chi connectivity index (χ3v) is 10.1. The zero-order valence-electron chi connectivity index (χ0n) is 23.0. The maximum atomic E-state index is 13.4. The lowest BCUT2D eigenvalue weighted by atomic mass is 9.59. The first-order chi connectivity index (χ1) is 19.1. The number of halogens is 6. The Kier molecular flexibility index (Phi) is 6.51. The summed E-state index contributed by atoms with van der Waals surface area (Å²) in [7, 11) is 0. The number of carbonyl (C=O) groups is 2. The highest BCUT2D eigenvalue weighted by molar-refractivity contribution is 6.04. The van der Waals surface area contributed by atoms with Crippen molar-refractivity contribution < 1.29 is 61.1 Å². The van der Waals surface area contributed by atoms with Crippen LogP contribution in [0.3, 0.4) is 0 Å². The van der Waals surface area contributed by atoms with Gasteiger partial charge < -0.3 is 25.2 Å². The molecule has 0 heterocycles. The van der Waals surface area contributed by atoms with E-state index in [4.69, 9.17) is 4.74 Å². The van der Waals surface area contributed by atoms with Gasteiger partial charge in [-0.25, -0.2) is 4.79 Å². The van der Waals surface area contributed by atoms with Crippen molar-refractivity contribution in [2.75, 3.05) is 6.61 Å². The molecule has 4 N–H and O–H groups in total. The molecule has 1 aromatic carbocycles. The Morgan fingerprint density at radius 1 is 1.00 bits per heavy atom. The molecule has 0 spiro atoms. The van der Waals surface area contributed by atoms with E-state index in [1.807, 2.05) is 0 Å². The van der Waals surface area contributed by atoms with Crippen LogP contribution in [-0.2, 0) is 21.9 Å². The van der Waals surface area contributed by atoms with Gasteiger partial charge in [0.15, 0.2) is 5.78 Å². The second-order valence-corrected chi connectivity index (χ2v) is 12.6. The highest BCUT2D eigenvalue weighted by atomic mass is 19.4. The third-order valence-electron chi connectivity index (χ3n) is 10.1. The quantitative estimate of drug-likeness (QED) is 0.235. The molecule has 0 aliphatic heterocycles. The van der Waals surface area contributed by atoms with Gasteiger partial charge in [0.2, 0.25) is 0 Å². The number of fused-ring (bicyclic) bond motifs is 5. The molecule has 4 aliphatic carbocycles. The van der Waals surface area contributed by atoms with Crippen molar-refractivity contribution in [1.29, 1.82) is 0 Å². The van der Waals surface area contributed by atoms with Gasteiger partial charge in [0, 0.05) is 35.5 Å². The van der Waals surface area contributed by atoms with Crippen LogP contribution >= 0.6 is 0 Å². The summed E-state index contributed by atoms with van der Waals surface area (Å²) in [5, 5.41) is 46.0. The standard InChI is InChI=1S/C29H30F6O7/c1-12-5-19-25(39,21(12)37)10-14(11-36)6-18-20-24(3,4)27(20,41)22(13(2)26(18,19)40)42-23(38)15-7-16(28(30,31)32)9-17(8-15)29(33,34)35/h5-9,13,18-20,22,36,39-41H,10-11H2,1-4H3/t13-,18+,19-,20+,22-,25-,26-,27-/m1/s1. The summed E-state index contributed by atoms with van der Waals surface area (Å²) in [6.07, 6.45) is -9.58. The number of benzene rings is 1. The van der Waals surface area contributed by atoms with E-state index in [9.17, 15) is 56.4 Å². The molecule has 4 aliphatic rings. The second kappa shape index (κ2) is 8.90. The Morgan fingerprint density at radius 3 is 2.05 bits per heavy atom. The fourth-order valence-corrected chi connectivity index (χ4v) is 7.86. The normalized spacial score (nSPS) is 38.9. The van der Waals surface area contributed by atoms with Crippen molar-refractivity contribution in [3.8, 4) is 0 Å². The average molecular weight is 605 g/mol. The first-order valence-electron chi connectivity index (χ1n) is 13.3. The van der Waals surface area contributed by atoms with Crippen molar-refractivity contribution in [2.45, 2.75) is 69.4 Å². The molecule has 0 saturated heterocycles. The van der Waals surface area contributed by atoms with Crippen LogP contribution in [0.25, 0.3) is 0 Å². The molecule has 230 valence electrons. The SMILES string of the molecule is CC1=C[C@H]2[C@@]3(O)[C@H](C)[C@@H](OC(=O)c4cc(C(F)(F)F)cc(C(F)(F)F)c4)[C@]4(O)[C@@H]([C@@H]3C=C(CO)C[C@]2(O)C1=O)C4(C)C. The molecular formula is C29H30F6O7. The average Bonchev–Trinajstić information content (AvgIpc) is 3.28. The van der Waals surface area contributed by atoms with E-state index in [1.54, 1.807) is 13.8 Å². The maximum absolute atomic E-state index is 13.4. The minimum Gasteiger partial charge on any atom is -0.455 e. The molecule has 2 saturated carbocycles. The van der Waals surface area contributed by atoms with Crippen molar-refractivity contribution in [2.24, 2.45) is 29.1 Å². The first-order valence-corrected chi connectivity index (χ1v) is 13.3. The fraction of sp³-hybridized carbons (Fsp3) is 0.586. The van der Waals surface area contributed by atoms with Crippen LogP contribution in [0.4, 0.5) is 26.3 Å². The summed E-state index contributed by atoms with van der Waals surface area (Å²) in [6.45, 7) is 5.42. The zero-order chi connectivity index (χ0) is 31.6. The van der Waals surface area contributed by atoms with Gasteiger partial charge in [-0.05, 0) is 36.3 Å². The van der Waals surface area contributed by atoms with E-state index >= 15 is 0 Å². The molecule has 1 aromatic rings. The number of hydrogen-bond donors (Lipinski definition) is 4. The van der Waals surface area contributed by atoms with Crippen LogP contribution < -0.4 is 0 Å². The van der Waals surface area contributed by atoms with Crippen LogP contribution in [0.5, 0.6) is 0 Å². The van der Waals surface area contributed by atoms with Gasteiger partial charge in [-0.15, -0.1) is 0 Å². The summed E-state index contributed by atoms with van der Waals surface area (Å²) in [4.78, 5) is 26.3. The summed E-state index contributed by atoms with van der Waals surface area (Å²) in [6, 6.07) is 0.291. The van der Waals surface area contributed by atoms with E-state index < -0.39 is 99.4 Å². The predicted octanol–water partition coefficient (Wildman–Crippen LogP) is 3.83. The van der Waals surface area contributed by atoms with Crippen LogP contribution in [0.15, 0.2) is 41.5 Å². The lowest BCUT2D eigenvalue weighted by Gasteiger charge is -2.52. The number of aliphatic hydroxyl groups is 4.